The van der Waals surface area contributed by atoms with Crippen LogP contribution >= 0.6 is 0 Å². The smallest absolute Gasteiger partial charge is 0.320 e. The zero-order chi connectivity index (χ0) is 16.3. The zero-order valence-corrected chi connectivity index (χ0v) is 12.1. The van der Waals surface area contributed by atoms with E-state index in [1.54, 1.807) is 6.92 Å². The first-order chi connectivity index (χ1) is 9.92. The quantitative estimate of drug-likeness (QED) is 0.334. The second-order valence-electron chi connectivity index (χ2n) is 4.54. The average molecular weight is 302 g/mol. The van der Waals surface area contributed by atoms with E-state index in [2.05, 4.69) is 5.32 Å². The molecule has 0 heterocycles. The fraction of sp³-hybridized carbons (Fsp3) is 0.692. The monoisotopic (exact) mass is 302 g/mol. The fourth-order valence-electron chi connectivity index (χ4n) is 1.85. The van der Waals surface area contributed by atoms with Crippen molar-refractivity contribution in [2.75, 3.05) is 19.6 Å². The summed E-state index contributed by atoms with van der Waals surface area (Å²) in [5, 5.41) is 20.6. The van der Waals surface area contributed by atoms with Gasteiger partial charge < -0.3 is 20.3 Å². The maximum atomic E-state index is 11.2. The van der Waals surface area contributed by atoms with Crippen LogP contribution in [0.15, 0.2) is 0 Å². The molecule has 8 heteroatoms. The van der Waals surface area contributed by atoms with Crippen molar-refractivity contribution < 1.29 is 29.4 Å². The van der Waals surface area contributed by atoms with Crippen molar-refractivity contribution >= 4 is 24.1 Å². The van der Waals surface area contributed by atoms with Crippen LogP contribution in [0.1, 0.15) is 32.6 Å². The van der Waals surface area contributed by atoms with E-state index in [4.69, 9.17) is 10.2 Å². The Labute approximate surface area is 123 Å². The van der Waals surface area contributed by atoms with E-state index in [-0.39, 0.29) is 18.9 Å². The Balaban J connectivity index is 4.32. The number of carbonyl (C=O) groups is 4. The molecule has 0 saturated heterocycles. The van der Waals surface area contributed by atoms with Gasteiger partial charge in [0.05, 0.1) is 13.1 Å². The first-order valence-electron chi connectivity index (χ1n) is 6.81. The Morgan fingerprint density at radius 3 is 2.38 bits per heavy atom. The topological polar surface area (TPSA) is 124 Å². The Morgan fingerprint density at radius 2 is 1.90 bits per heavy atom. The summed E-state index contributed by atoms with van der Waals surface area (Å²) in [5.41, 5.74) is 0. The molecule has 0 aliphatic carbocycles. The number of nitrogens with zero attached hydrogens (tertiary/aromatic N) is 1. The zero-order valence-electron chi connectivity index (χ0n) is 12.1. The van der Waals surface area contributed by atoms with Gasteiger partial charge in [-0.05, 0) is 19.3 Å². The van der Waals surface area contributed by atoms with Crippen LogP contribution in [0.3, 0.4) is 0 Å². The first-order valence-corrected chi connectivity index (χ1v) is 6.81. The highest BCUT2D eigenvalue weighted by molar-refractivity contribution is 5.76. The van der Waals surface area contributed by atoms with E-state index in [1.165, 1.54) is 0 Å². The molecule has 0 aromatic heterocycles. The van der Waals surface area contributed by atoms with E-state index in [0.717, 1.165) is 4.90 Å². The number of aldehydes is 1. The van der Waals surface area contributed by atoms with Gasteiger partial charge in [-0.3, -0.25) is 19.3 Å². The molecule has 0 saturated carbocycles. The Bertz CT molecular complexity index is 372. The van der Waals surface area contributed by atoms with Gasteiger partial charge in [-0.25, -0.2) is 0 Å². The molecule has 1 unspecified atom stereocenters. The van der Waals surface area contributed by atoms with Crippen LogP contribution in [0.25, 0.3) is 0 Å². The molecule has 1 atom stereocenters. The number of carboxylic acid groups (broad SMARTS) is 2. The molecule has 120 valence electrons. The van der Waals surface area contributed by atoms with Crippen molar-refractivity contribution in [1.29, 1.82) is 0 Å². The third-order valence-corrected chi connectivity index (χ3v) is 2.92. The normalized spacial score (nSPS) is 11.9. The third kappa shape index (κ3) is 8.74. The molecule has 21 heavy (non-hydrogen) atoms. The first kappa shape index (κ1) is 19.0. The second-order valence-corrected chi connectivity index (χ2v) is 4.54. The summed E-state index contributed by atoms with van der Waals surface area (Å²) < 4.78 is 0. The van der Waals surface area contributed by atoms with Gasteiger partial charge in [0.15, 0.2) is 0 Å². The number of nitrogens with one attached hydrogen (secondary N) is 1. The summed E-state index contributed by atoms with van der Waals surface area (Å²) in [6.07, 6.45) is 2.20. The lowest BCUT2D eigenvalue weighted by Gasteiger charge is -2.25. The number of hydrogen-bond donors (Lipinski definition) is 3. The number of hydrogen-bond acceptors (Lipinski definition) is 5. The van der Waals surface area contributed by atoms with Gasteiger partial charge in [-0.15, -0.1) is 0 Å². The van der Waals surface area contributed by atoms with E-state index >= 15 is 0 Å². The molecule has 0 rings (SSSR count). The lowest BCUT2D eigenvalue weighted by atomic mass is 10.1. The lowest BCUT2D eigenvalue weighted by molar-refractivity contribution is -0.146. The minimum Gasteiger partial charge on any atom is -0.480 e. The van der Waals surface area contributed by atoms with Gasteiger partial charge in [-0.1, -0.05) is 6.92 Å². The van der Waals surface area contributed by atoms with E-state index < -0.39 is 24.5 Å². The predicted octanol–water partition coefficient (Wildman–Crippen LogP) is -0.278. The van der Waals surface area contributed by atoms with Crippen LogP contribution in [0.2, 0.25) is 0 Å². The number of aliphatic carboxylic acids is 2. The Kier molecular flexibility index (Phi) is 9.78. The second kappa shape index (κ2) is 10.8. The molecule has 0 bridgehead atoms. The summed E-state index contributed by atoms with van der Waals surface area (Å²) in [7, 11) is 0. The molecule has 0 fully saturated rings. The van der Waals surface area contributed by atoms with Crippen LogP contribution in [-0.2, 0) is 19.2 Å². The summed E-state index contributed by atoms with van der Waals surface area (Å²) >= 11 is 0. The van der Waals surface area contributed by atoms with Crippen molar-refractivity contribution in [3.8, 4) is 0 Å². The Morgan fingerprint density at radius 1 is 1.24 bits per heavy atom. The maximum absolute atomic E-state index is 11.2. The van der Waals surface area contributed by atoms with Crippen molar-refractivity contribution in [3.05, 3.63) is 0 Å². The van der Waals surface area contributed by atoms with E-state index in [9.17, 15) is 19.2 Å². The molecule has 0 radical (unpaired) electrons. The summed E-state index contributed by atoms with van der Waals surface area (Å²) in [6.45, 7) is 1.45. The number of carboxylic acids is 2. The van der Waals surface area contributed by atoms with E-state index in [1.807, 2.05) is 0 Å². The van der Waals surface area contributed by atoms with Crippen molar-refractivity contribution in [2.45, 2.75) is 38.6 Å². The van der Waals surface area contributed by atoms with Gasteiger partial charge in [-0.2, -0.15) is 0 Å². The lowest BCUT2D eigenvalue weighted by Crippen LogP contribution is -2.45. The molecule has 0 aromatic rings. The highest BCUT2D eigenvalue weighted by Gasteiger charge is 2.26. The maximum Gasteiger partial charge on any atom is 0.320 e. The van der Waals surface area contributed by atoms with Gasteiger partial charge >= 0.3 is 11.9 Å². The third-order valence-electron chi connectivity index (χ3n) is 2.92. The fourth-order valence-corrected chi connectivity index (χ4v) is 1.85. The molecule has 8 nitrogen and oxygen atoms in total. The van der Waals surface area contributed by atoms with Crippen LogP contribution in [0, 0.1) is 0 Å². The van der Waals surface area contributed by atoms with Crippen LogP contribution in [0.5, 0.6) is 0 Å². The van der Waals surface area contributed by atoms with Gasteiger partial charge in [0.1, 0.15) is 12.3 Å². The van der Waals surface area contributed by atoms with Gasteiger partial charge in [0.2, 0.25) is 5.91 Å². The predicted molar refractivity (Wildman–Crippen MR) is 73.8 cm³/mol. The summed E-state index contributed by atoms with van der Waals surface area (Å²) in [5.74, 6) is -2.41. The highest BCUT2D eigenvalue weighted by Crippen LogP contribution is 2.09. The molecule has 0 aliphatic heterocycles. The van der Waals surface area contributed by atoms with Crippen molar-refractivity contribution in [1.82, 2.24) is 10.2 Å². The minimum atomic E-state index is -1.18. The number of unbranched alkanes of at least 4 members (excludes halogenated alkanes) is 1. The van der Waals surface area contributed by atoms with E-state index in [0.29, 0.717) is 32.1 Å². The van der Waals surface area contributed by atoms with Gasteiger partial charge in [0, 0.05) is 13.0 Å². The SMILES string of the molecule is CCC(=O)NCCCCC(C(=O)O)N(CC=O)CC(=O)O. The number of carbonyl (C=O) groups excluding carboxylic acids is 2. The molecule has 0 spiro atoms. The number of rotatable bonds is 12. The molecular formula is C13H22N2O6. The molecule has 0 aromatic carbocycles. The molecule has 0 aliphatic rings. The Hall–Kier alpha value is -1.96. The van der Waals surface area contributed by atoms with Crippen molar-refractivity contribution in [3.63, 3.8) is 0 Å². The average Bonchev–Trinajstić information content (AvgIpc) is 2.41. The minimum absolute atomic E-state index is 0.0711. The highest BCUT2D eigenvalue weighted by atomic mass is 16.4. The van der Waals surface area contributed by atoms with Crippen molar-refractivity contribution in [2.24, 2.45) is 0 Å². The number of amides is 1. The van der Waals surface area contributed by atoms with Crippen LogP contribution < -0.4 is 5.32 Å². The molecule has 1 amide bonds. The molecule has 3 N–H and O–H groups in total. The van der Waals surface area contributed by atoms with Gasteiger partial charge in [0.25, 0.3) is 0 Å². The summed E-state index contributed by atoms with van der Waals surface area (Å²) in [4.78, 5) is 44.6. The van der Waals surface area contributed by atoms with Crippen LogP contribution in [-0.4, -0.2) is 64.9 Å². The molecular weight excluding hydrogens is 280 g/mol. The summed E-state index contributed by atoms with van der Waals surface area (Å²) in [6, 6.07) is -1.02. The largest absolute Gasteiger partial charge is 0.480 e. The standard InChI is InChI=1S/C13H22N2O6/c1-2-11(17)14-6-4-3-5-10(13(20)21)15(7-8-16)9-12(18)19/h8,10H,2-7,9H2,1H3,(H,14,17)(H,18,19)(H,20,21). The van der Waals surface area contributed by atoms with Crippen LogP contribution in [0.4, 0.5) is 0 Å².